The molecule has 0 aliphatic carbocycles. The molecule has 0 saturated carbocycles. The summed E-state index contributed by atoms with van der Waals surface area (Å²) in [5.74, 6) is 0.899. The molecule has 0 amide bonds. The van der Waals surface area contributed by atoms with Crippen molar-refractivity contribution in [1.82, 2.24) is 0 Å². The highest BCUT2D eigenvalue weighted by molar-refractivity contribution is 6.32. The van der Waals surface area contributed by atoms with Crippen molar-refractivity contribution in [2.24, 2.45) is 20.0 Å². The second-order valence-electron chi connectivity index (χ2n) is 11.5. The molecule has 0 unspecified atom stereocenters. The van der Waals surface area contributed by atoms with E-state index in [1.807, 2.05) is 54.7 Å². The third-order valence-corrected chi connectivity index (χ3v) is 8.00. The molecule has 8 bridgehead atoms. The summed E-state index contributed by atoms with van der Waals surface area (Å²) in [5, 5.41) is 0. The average Bonchev–Trinajstić information content (AvgIpc) is 3.83. The Hall–Kier alpha value is -3.80. The van der Waals surface area contributed by atoms with E-state index >= 15 is 0 Å². The van der Waals surface area contributed by atoms with Gasteiger partial charge in [0.2, 0.25) is 0 Å². The van der Waals surface area contributed by atoms with Crippen LogP contribution in [0, 0.1) is 0 Å². The number of benzene rings is 1. The molecule has 5 nitrogen and oxygen atoms in total. The van der Waals surface area contributed by atoms with E-state index in [9.17, 15) is 0 Å². The maximum absolute atomic E-state index is 6.10. The summed E-state index contributed by atoms with van der Waals surface area (Å²) < 4.78 is 6.10. The van der Waals surface area contributed by atoms with E-state index in [2.05, 4.69) is 43.3 Å². The summed E-state index contributed by atoms with van der Waals surface area (Å²) in [7, 11) is 0. The summed E-state index contributed by atoms with van der Waals surface area (Å²) in [6.45, 7) is 3.03. The first kappa shape index (κ1) is 34.1. The van der Waals surface area contributed by atoms with Crippen molar-refractivity contribution in [1.29, 1.82) is 0 Å². The molecule has 0 N–H and O–H groups in total. The number of hydrogen-bond donors (Lipinski definition) is 0. The zero-order chi connectivity index (χ0) is 29.3. The fourth-order valence-electron chi connectivity index (χ4n) is 5.68. The minimum Gasteiger partial charge on any atom is -0.494 e. The molecule has 7 heteroatoms. The van der Waals surface area contributed by atoms with Gasteiger partial charge in [0.05, 0.1) is 52.2 Å². The summed E-state index contributed by atoms with van der Waals surface area (Å²) in [5.41, 5.74) is 9.06. The molecule has 0 saturated heterocycles. The van der Waals surface area contributed by atoms with Gasteiger partial charge < -0.3 is 4.74 Å². The fourth-order valence-corrected chi connectivity index (χ4v) is 5.68. The Kier molecular flexibility index (Phi) is 12.9. The third-order valence-electron chi connectivity index (χ3n) is 8.00. The van der Waals surface area contributed by atoms with E-state index in [0.29, 0.717) is 0 Å². The number of allylic oxidation sites excluding steroid dienone is 12. The summed E-state index contributed by atoms with van der Waals surface area (Å²) in [4.78, 5) is 19.4. The smallest absolute Gasteiger partial charge is 0.119 e. The SMILES string of the molecule is CCCCCCCCCCCCOc1ccc(C2=C3C=CC(=N3)C=C3C=CC(=N3)C=C3C=CC(=N3)C=C3C=CC2=N3)cc1.Cl.Cl. The summed E-state index contributed by atoms with van der Waals surface area (Å²) in [6.07, 6.45) is 35.5. The van der Waals surface area contributed by atoms with Crippen LogP contribution in [-0.2, 0) is 0 Å². The lowest BCUT2D eigenvalue weighted by Crippen LogP contribution is -2.01. The Morgan fingerprint density at radius 3 is 1.64 bits per heavy atom. The highest BCUT2D eigenvalue weighted by Crippen LogP contribution is 2.31. The van der Waals surface area contributed by atoms with Gasteiger partial charge in [-0.05, 0) is 91.0 Å². The van der Waals surface area contributed by atoms with Crippen LogP contribution in [0.4, 0.5) is 0 Å². The van der Waals surface area contributed by atoms with Crippen molar-refractivity contribution in [2.45, 2.75) is 71.1 Å². The fraction of sp³-hybridized carbons (Fsp3) is 0.316. The van der Waals surface area contributed by atoms with Crippen LogP contribution >= 0.6 is 24.8 Å². The number of unbranched alkanes of at least 4 members (excludes halogenated alkanes) is 9. The van der Waals surface area contributed by atoms with Crippen LogP contribution in [0.3, 0.4) is 0 Å². The highest BCUT2D eigenvalue weighted by Gasteiger charge is 2.19. The molecule has 1 aromatic rings. The van der Waals surface area contributed by atoms with E-state index in [0.717, 1.165) is 75.5 Å². The molecule has 5 aliphatic heterocycles. The molecule has 0 atom stereocenters. The summed E-state index contributed by atoms with van der Waals surface area (Å²) in [6, 6.07) is 8.35. The molecule has 1 aromatic carbocycles. The van der Waals surface area contributed by atoms with Crippen LogP contribution in [0.5, 0.6) is 5.75 Å². The number of halogens is 2. The van der Waals surface area contributed by atoms with Gasteiger partial charge in [-0.15, -0.1) is 24.8 Å². The highest BCUT2D eigenvalue weighted by atomic mass is 35.5. The molecular formula is C38H42Cl2N4O. The van der Waals surface area contributed by atoms with Crippen molar-refractivity contribution in [3.63, 3.8) is 0 Å². The predicted octanol–water partition coefficient (Wildman–Crippen LogP) is 10.2. The van der Waals surface area contributed by atoms with Gasteiger partial charge in [-0.25, -0.2) is 20.0 Å². The third kappa shape index (κ3) is 9.35. The standard InChI is InChI=1S/C38H40N4O.2ClH/c1-2-3-4-5-6-7-8-9-10-11-24-43-35-20-12-28(13-21-35)38-36-22-18-33(41-36)26-31-16-14-29(39-31)25-30-15-17-32(40-30)27-34-19-23-37(38)42-34;;/h12-23,25-27H,2-11,24H2,1H3;2*1H. The molecule has 5 heterocycles. The first-order valence-corrected chi connectivity index (χ1v) is 15.9. The number of hydrogen-bond acceptors (Lipinski definition) is 5. The van der Waals surface area contributed by atoms with E-state index < -0.39 is 0 Å². The van der Waals surface area contributed by atoms with Crippen LogP contribution in [0.15, 0.2) is 134 Å². The number of aliphatic imine (C=N–C) groups is 4. The molecule has 6 rings (SSSR count). The molecule has 234 valence electrons. The molecular weight excluding hydrogens is 599 g/mol. The Bertz CT molecular complexity index is 1610. The molecule has 0 spiro atoms. The van der Waals surface area contributed by atoms with E-state index in [4.69, 9.17) is 24.7 Å². The Morgan fingerprint density at radius 2 is 1.02 bits per heavy atom. The second kappa shape index (κ2) is 17.0. The van der Waals surface area contributed by atoms with Crippen molar-refractivity contribution < 1.29 is 4.74 Å². The predicted molar refractivity (Wildman–Crippen MR) is 196 cm³/mol. The second-order valence-corrected chi connectivity index (χ2v) is 11.5. The topological polar surface area (TPSA) is 58.7 Å². The first-order chi connectivity index (χ1) is 21.2. The van der Waals surface area contributed by atoms with E-state index in [1.54, 1.807) is 0 Å². The van der Waals surface area contributed by atoms with Crippen LogP contribution in [0.25, 0.3) is 5.57 Å². The molecule has 0 fully saturated rings. The minimum atomic E-state index is 0. The zero-order valence-electron chi connectivity index (χ0n) is 26.0. The van der Waals surface area contributed by atoms with Gasteiger partial charge in [0, 0.05) is 5.57 Å². The van der Waals surface area contributed by atoms with Crippen molar-refractivity contribution in [3.05, 3.63) is 119 Å². The number of rotatable bonds is 13. The lowest BCUT2D eigenvalue weighted by atomic mass is 9.98. The van der Waals surface area contributed by atoms with Gasteiger partial charge in [-0.2, -0.15) is 0 Å². The quantitative estimate of drug-likeness (QED) is 0.198. The minimum absolute atomic E-state index is 0. The largest absolute Gasteiger partial charge is 0.494 e. The van der Waals surface area contributed by atoms with E-state index in [-0.39, 0.29) is 24.8 Å². The first-order valence-electron chi connectivity index (χ1n) is 15.9. The Balaban J connectivity index is 0.00000230. The molecule has 5 aliphatic rings. The Labute approximate surface area is 280 Å². The van der Waals surface area contributed by atoms with Gasteiger partial charge >= 0.3 is 0 Å². The number of ether oxygens (including phenoxy) is 1. The van der Waals surface area contributed by atoms with Gasteiger partial charge in [-0.1, -0.05) is 76.8 Å². The van der Waals surface area contributed by atoms with Gasteiger partial charge in [0.1, 0.15) is 5.75 Å². The van der Waals surface area contributed by atoms with Crippen LogP contribution in [0.1, 0.15) is 76.7 Å². The van der Waals surface area contributed by atoms with Gasteiger partial charge in [-0.3, -0.25) is 0 Å². The molecule has 0 radical (unpaired) electrons. The summed E-state index contributed by atoms with van der Waals surface area (Å²) >= 11 is 0. The van der Waals surface area contributed by atoms with Crippen molar-refractivity contribution in [3.8, 4) is 5.75 Å². The average molecular weight is 642 g/mol. The monoisotopic (exact) mass is 640 g/mol. The number of fused-ring (bicyclic) bond motifs is 4. The van der Waals surface area contributed by atoms with E-state index in [1.165, 1.54) is 57.8 Å². The van der Waals surface area contributed by atoms with Crippen LogP contribution in [0.2, 0.25) is 0 Å². The maximum Gasteiger partial charge on any atom is 0.119 e. The lowest BCUT2D eigenvalue weighted by molar-refractivity contribution is 0.304. The maximum atomic E-state index is 6.10. The van der Waals surface area contributed by atoms with Crippen molar-refractivity contribution >= 4 is 53.2 Å². The van der Waals surface area contributed by atoms with Crippen LogP contribution in [-0.4, -0.2) is 29.5 Å². The van der Waals surface area contributed by atoms with Crippen LogP contribution < -0.4 is 4.74 Å². The lowest BCUT2D eigenvalue weighted by Gasteiger charge is -2.11. The number of nitrogens with zero attached hydrogens (tertiary/aromatic N) is 4. The molecule has 45 heavy (non-hydrogen) atoms. The molecule has 0 aromatic heterocycles. The normalized spacial score (nSPS) is 17.2. The van der Waals surface area contributed by atoms with Gasteiger partial charge in [0.25, 0.3) is 0 Å². The van der Waals surface area contributed by atoms with Crippen molar-refractivity contribution in [2.75, 3.05) is 6.61 Å². The van der Waals surface area contributed by atoms with Gasteiger partial charge in [0.15, 0.2) is 0 Å². The zero-order valence-corrected chi connectivity index (χ0v) is 27.6. The Morgan fingerprint density at radius 1 is 0.511 bits per heavy atom.